The fraction of sp³-hybridized carbons (Fsp3) is 0.188. The minimum absolute atomic E-state index is 0.356. The zero-order chi connectivity index (χ0) is 22.8. The van der Waals surface area contributed by atoms with Crippen LogP contribution < -0.4 is 0 Å². The first-order valence-corrected chi connectivity index (χ1v) is 11.5. The van der Waals surface area contributed by atoms with E-state index in [2.05, 4.69) is 126 Å². The maximum Gasteiger partial charge on any atom is -0.00237 e. The molecule has 32 heavy (non-hydrogen) atoms. The molecule has 0 aliphatic rings. The summed E-state index contributed by atoms with van der Waals surface area (Å²) in [4.78, 5) is 0. The van der Waals surface area contributed by atoms with Gasteiger partial charge < -0.3 is 0 Å². The Labute approximate surface area is 192 Å². The average Bonchev–Trinajstić information content (AvgIpc) is 2.82. The fourth-order valence-electron chi connectivity index (χ4n) is 4.90. The molecule has 0 spiro atoms. The van der Waals surface area contributed by atoms with Crippen molar-refractivity contribution < 1.29 is 0 Å². The second kappa shape index (κ2) is 9.01. The summed E-state index contributed by atoms with van der Waals surface area (Å²) in [6, 6.07) is 29.9. The molecule has 0 aliphatic carbocycles. The van der Waals surface area contributed by atoms with Gasteiger partial charge in [-0.15, -0.1) is 0 Å². The van der Waals surface area contributed by atoms with Gasteiger partial charge in [0.1, 0.15) is 0 Å². The smallest absolute Gasteiger partial charge is 0.00237 e. The lowest BCUT2D eigenvalue weighted by atomic mass is 9.75. The monoisotopic (exact) mass is 416 g/mol. The van der Waals surface area contributed by atoms with Crippen LogP contribution in [-0.2, 0) is 0 Å². The standard InChI is InChI=1S/C32H32/c1-21(2)29-27-19-13-14-20-28(27)31(23(5)25-15-9-7-10-16-25)32(30(29)22(3)4)24(6)26-17-11-8-12-18-26/h7-22H,5-6H2,1-4H3. The summed E-state index contributed by atoms with van der Waals surface area (Å²) in [5.41, 5.74) is 9.66. The number of rotatable bonds is 6. The van der Waals surface area contributed by atoms with Crippen LogP contribution in [0.1, 0.15) is 72.9 Å². The van der Waals surface area contributed by atoms with Crippen LogP contribution in [-0.4, -0.2) is 0 Å². The lowest BCUT2D eigenvalue weighted by Gasteiger charge is -2.28. The highest BCUT2D eigenvalue weighted by molar-refractivity contribution is 6.06. The van der Waals surface area contributed by atoms with Gasteiger partial charge in [-0.05, 0) is 67.1 Å². The van der Waals surface area contributed by atoms with Crippen LogP contribution in [0.3, 0.4) is 0 Å². The van der Waals surface area contributed by atoms with E-state index < -0.39 is 0 Å². The SMILES string of the molecule is C=C(c1ccccc1)c1c(C(C)C)c(C(C)C)c2ccccc2c1C(=C)c1ccccc1. The first kappa shape index (κ1) is 21.8. The summed E-state index contributed by atoms with van der Waals surface area (Å²) >= 11 is 0. The van der Waals surface area contributed by atoms with E-state index in [1.54, 1.807) is 0 Å². The lowest BCUT2D eigenvalue weighted by molar-refractivity contribution is 0.795. The van der Waals surface area contributed by atoms with Crippen molar-refractivity contribution >= 4 is 21.9 Å². The molecule has 0 saturated heterocycles. The van der Waals surface area contributed by atoms with Crippen molar-refractivity contribution in [2.75, 3.05) is 0 Å². The summed E-state index contributed by atoms with van der Waals surface area (Å²) in [7, 11) is 0. The first-order valence-electron chi connectivity index (χ1n) is 11.5. The summed E-state index contributed by atoms with van der Waals surface area (Å²) in [5, 5.41) is 2.57. The minimum Gasteiger partial charge on any atom is -0.0905 e. The molecule has 0 radical (unpaired) electrons. The molecule has 0 amide bonds. The molecule has 0 saturated carbocycles. The molecule has 4 aromatic carbocycles. The molecule has 0 unspecified atom stereocenters. The molecule has 0 bridgehead atoms. The van der Waals surface area contributed by atoms with Gasteiger partial charge in [0.25, 0.3) is 0 Å². The van der Waals surface area contributed by atoms with Crippen LogP contribution in [0.2, 0.25) is 0 Å². The van der Waals surface area contributed by atoms with Crippen LogP contribution in [0.25, 0.3) is 21.9 Å². The van der Waals surface area contributed by atoms with E-state index in [9.17, 15) is 0 Å². The Morgan fingerprint density at radius 2 is 0.906 bits per heavy atom. The van der Waals surface area contributed by atoms with Crippen molar-refractivity contribution in [3.8, 4) is 0 Å². The fourth-order valence-corrected chi connectivity index (χ4v) is 4.90. The van der Waals surface area contributed by atoms with Gasteiger partial charge in [-0.1, -0.05) is 126 Å². The van der Waals surface area contributed by atoms with E-state index in [0.29, 0.717) is 11.8 Å². The second-order valence-corrected chi connectivity index (χ2v) is 9.12. The molecule has 0 heterocycles. The Morgan fingerprint density at radius 1 is 0.500 bits per heavy atom. The van der Waals surface area contributed by atoms with Crippen molar-refractivity contribution in [3.63, 3.8) is 0 Å². The molecule has 0 fully saturated rings. The van der Waals surface area contributed by atoms with E-state index in [1.807, 2.05) is 0 Å². The first-order chi connectivity index (χ1) is 15.4. The molecule has 0 aromatic heterocycles. The van der Waals surface area contributed by atoms with Crippen LogP contribution in [0.4, 0.5) is 0 Å². The number of hydrogen-bond acceptors (Lipinski definition) is 0. The molecular weight excluding hydrogens is 384 g/mol. The maximum absolute atomic E-state index is 4.64. The third kappa shape index (κ3) is 3.82. The van der Waals surface area contributed by atoms with Crippen molar-refractivity contribution in [2.24, 2.45) is 0 Å². The second-order valence-electron chi connectivity index (χ2n) is 9.12. The highest BCUT2D eigenvalue weighted by atomic mass is 14.3. The van der Waals surface area contributed by atoms with Crippen LogP contribution in [0, 0.1) is 0 Å². The zero-order valence-electron chi connectivity index (χ0n) is 19.7. The van der Waals surface area contributed by atoms with Gasteiger partial charge in [-0.2, -0.15) is 0 Å². The predicted molar refractivity (Wildman–Crippen MR) is 141 cm³/mol. The quantitative estimate of drug-likeness (QED) is 0.294. The summed E-state index contributed by atoms with van der Waals surface area (Å²) in [6.07, 6.45) is 0. The van der Waals surface area contributed by atoms with E-state index in [4.69, 9.17) is 0 Å². The van der Waals surface area contributed by atoms with Crippen LogP contribution >= 0.6 is 0 Å². The Kier molecular flexibility index (Phi) is 6.15. The highest BCUT2D eigenvalue weighted by Gasteiger charge is 2.26. The van der Waals surface area contributed by atoms with Crippen LogP contribution in [0.5, 0.6) is 0 Å². The van der Waals surface area contributed by atoms with Crippen LogP contribution in [0.15, 0.2) is 98.1 Å². The zero-order valence-corrected chi connectivity index (χ0v) is 19.7. The van der Waals surface area contributed by atoms with Crippen molar-refractivity contribution in [2.45, 2.75) is 39.5 Å². The van der Waals surface area contributed by atoms with E-state index >= 15 is 0 Å². The molecule has 0 nitrogen and oxygen atoms in total. The van der Waals surface area contributed by atoms with Gasteiger partial charge in [0.15, 0.2) is 0 Å². The highest BCUT2D eigenvalue weighted by Crippen LogP contribution is 2.45. The average molecular weight is 417 g/mol. The minimum atomic E-state index is 0.356. The topological polar surface area (TPSA) is 0 Å². The molecule has 0 atom stereocenters. The number of hydrogen-bond donors (Lipinski definition) is 0. The molecular formula is C32H32. The lowest BCUT2D eigenvalue weighted by Crippen LogP contribution is -2.09. The van der Waals surface area contributed by atoms with E-state index in [0.717, 1.165) is 22.3 Å². The van der Waals surface area contributed by atoms with Crippen molar-refractivity contribution in [1.82, 2.24) is 0 Å². The molecule has 4 rings (SSSR count). The number of fused-ring (bicyclic) bond motifs is 1. The van der Waals surface area contributed by atoms with Gasteiger partial charge in [-0.25, -0.2) is 0 Å². The molecule has 0 aliphatic heterocycles. The molecule has 4 aromatic rings. The van der Waals surface area contributed by atoms with Gasteiger partial charge in [0, 0.05) is 0 Å². The van der Waals surface area contributed by atoms with Crippen molar-refractivity contribution in [1.29, 1.82) is 0 Å². The Hall–Kier alpha value is -3.38. The molecule has 160 valence electrons. The Bertz CT molecular complexity index is 1270. The van der Waals surface area contributed by atoms with Gasteiger partial charge in [0.2, 0.25) is 0 Å². The third-order valence-corrected chi connectivity index (χ3v) is 6.30. The normalized spacial score (nSPS) is 11.3. The van der Waals surface area contributed by atoms with Crippen molar-refractivity contribution in [3.05, 3.63) is 131 Å². The molecule has 0 heteroatoms. The van der Waals surface area contributed by atoms with E-state index in [-0.39, 0.29) is 0 Å². The Balaban J connectivity index is 2.18. The Morgan fingerprint density at radius 3 is 1.38 bits per heavy atom. The summed E-state index contributed by atoms with van der Waals surface area (Å²) in [5.74, 6) is 0.758. The molecule has 0 N–H and O–H groups in total. The van der Waals surface area contributed by atoms with Gasteiger partial charge >= 0.3 is 0 Å². The van der Waals surface area contributed by atoms with Gasteiger partial charge in [-0.3, -0.25) is 0 Å². The third-order valence-electron chi connectivity index (χ3n) is 6.30. The largest absolute Gasteiger partial charge is 0.0905 e. The predicted octanol–water partition coefficient (Wildman–Crippen LogP) is 9.21. The number of benzene rings is 4. The van der Waals surface area contributed by atoms with Gasteiger partial charge in [0.05, 0.1) is 0 Å². The summed E-state index contributed by atoms with van der Waals surface area (Å²) in [6.45, 7) is 18.5. The van der Waals surface area contributed by atoms with E-state index in [1.165, 1.54) is 33.0 Å². The maximum atomic E-state index is 4.64. The summed E-state index contributed by atoms with van der Waals surface area (Å²) < 4.78 is 0.